The van der Waals surface area contributed by atoms with E-state index < -0.39 is 53.9 Å². The van der Waals surface area contributed by atoms with Crippen LogP contribution >= 0.6 is 23.2 Å². The Morgan fingerprint density at radius 2 is 1.15 bits per heavy atom. The quantitative estimate of drug-likeness (QED) is 0.0968. The number of primary sulfonamides is 1. The van der Waals surface area contributed by atoms with Crippen molar-refractivity contribution in [3.63, 3.8) is 0 Å². The topological polar surface area (TPSA) is 266 Å². The van der Waals surface area contributed by atoms with Gasteiger partial charge in [0.2, 0.25) is 23.7 Å². The van der Waals surface area contributed by atoms with E-state index in [-0.39, 0.29) is 21.4 Å². The molecule has 0 spiro atoms. The summed E-state index contributed by atoms with van der Waals surface area (Å²) in [7, 11) is -8.27. The molecule has 0 aromatic carbocycles. The third kappa shape index (κ3) is 13.7. The van der Waals surface area contributed by atoms with Crippen molar-refractivity contribution in [3.8, 4) is 23.4 Å². The van der Waals surface area contributed by atoms with E-state index in [1.54, 1.807) is 35.3 Å². The molecule has 2 aliphatic carbocycles. The fourth-order valence-corrected chi connectivity index (χ4v) is 7.38. The lowest BCUT2D eigenvalue weighted by molar-refractivity contribution is 0.0696. The molecule has 25 heteroatoms. The number of pyridine rings is 4. The second kappa shape index (κ2) is 19.9. The van der Waals surface area contributed by atoms with Gasteiger partial charge in [0.25, 0.3) is 26.0 Å². The number of halogens is 4. The minimum Gasteiger partial charge on any atom is -0.478 e. The summed E-state index contributed by atoms with van der Waals surface area (Å²) in [4.78, 5) is 37.8. The number of carboxylic acid groups (broad SMARTS) is 1. The molecule has 65 heavy (non-hydrogen) atoms. The van der Waals surface area contributed by atoms with Gasteiger partial charge in [-0.05, 0) is 97.9 Å². The van der Waals surface area contributed by atoms with Crippen LogP contribution in [-0.2, 0) is 20.0 Å². The molecule has 1 amide bonds. The second-order valence-electron chi connectivity index (χ2n) is 15.4. The highest BCUT2D eigenvalue weighted by atomic mass is 35.5. The minimum atomic E-state index is -4.39. The number of rotatable bonds is 15. The largest absolute Gasteiger partial charge is 0.478 e. The first-order valence-corrected chi connectivity index (χ1v) is 23.2. The van der Waals surface area contributed by atoms with Crippen LogP contribution in [0.15, 0.2) is 95.2 Å². The lowest BCUT2D eigenvalue weighted by atomic mass is 10.1. The van der Waals surface area contributed by atoms with Gasteiger partial charge in [-0.3, -0.25) is 4.79 Å². The number of hydrogen-bond acceptors (Lipinski definition) is 14. The molecule has 344 valence electrons. The summed E-state index contributed by atoms with van der Waals surface area (Å²) in [5.41, 5.74) is 0.611. The Morgan fingerprint density at radius 1 is 0.708 bits per heavy atom. The molecule has 6 heterocycles. The van der Waals surface area contributed by atoms with Crippen LogP contribution in [0.2, 0.25) is 10.3 Å². The summed E-state index contributed by atoms with van der Waals surface area (Å²) in [5, 5.41) is 20.7. The number of nitrogens with one attached hydrogen (secondary N) is 1. The van der Waals surface area contributed by atoms with Crippen molar-refractivity contribution in [1.82, 2.24) is 44.2 Å². The summed E-state index contributed by atoms with van der Waals surface area (Å²) in [5.74, 6) is -2.29. The first-order valence-electron chi connectivity index (χ1n) is 19.4. The minimum absolute atomic E-state index is 0.0354. The van der Waals surface area contributed by atoms with E-state index in [1.165, 1.54) is 65.4 Å². The van der Waals surface area contributed by atoms with Gasteiger partial charge in [0, 0.05) is 24.5 Å². The van der Waals surface area contributed by atoms with Crippen molar-refractivity contribution < 1.29 is 49.8 Å². The van der Waals surface area contributed by atoms with E-state index in [4.69, 9.17) is 37.8 Å². The van der Waals surface area contributed by atoms with Crippen LogP contribution in [0.3, 0.4) is 0 Å². The van der Waals surface area contributed by atoms with Gasteiger partial charge in [-0.25, -0.2) is 52.4 Å². The van der Waals surface area contributed by atoms with Crippen molar-refractivity contribution >= 4 is 55.1 Å². The third-order valence-corrected chi connectivity index (χ3v) is 12.7. The van der Waals surface area contributed by atoms with Crippen molar-refractivity contribution in [2.75, 3.05) is 13.2 Å². The molecule has 2 fully saturated rings. The van der Waals surface area contributed by atoms with Crippen molar-refractivity contribution in [1.29, 1.82) is 0 Å². The van der Waals surface area contributed by atoms with E-state index >= 15 is 0 Å². The molecule has 0 aliphatic heterocycles. The Labute approximate surface area is 381 Å². The monoisotopic (exact) mass is 976 g/mol. The van der Waals surface area contributed by atoms with E-state index in [0.29, 0.717) is 47.4 Å². The van der Waals surface area contributed by atoms with E-state index in [1.807, 2.05) is 0 Å². The predicted octanol–water partition coefficient (Wildman–Crippen LogP) is 6.20. The predicted molar refractivity (Wildman–Crippen MR) is 229 cm³/mol. The van der Waals surface area contributed by atoms with Crippen LogP contribution < -0.4 is 19.3 Å². The van der Waals surface area contributed by atoms with E-state index in [0.717, 1.165) is 37.1 Å². The molecule has 0 saturated heterocycles. The molecule has 0 atom stereocenters. The fourth-order valence-electron chi connectivity index (χ4n) is 5.50. The zero-order chi connectivity index (χ0) is 47.2. The smallest absolute Gasteiger partial charge is 0.338 e. The number of carboxylic acids is 1. The number of sulfonamides is 2. The van der Waals surface area contributed by atoms with E-state index in [9.17, 15) is 35.2 Å². The van der Waals surface area contributed by atoms with Gasteiger partial charge in [-0.15, -0.1) is 10.2 Å². The second-order valence-corrected chi connectivity index (χ2v) is 19.3. The van der Waals surface area contributed by atoms with Crippen LogP contribution in [0.4, 0.5) is 8.78 Å². The van der Waals surface area contributed by atoms with Crippen molar-refractivity contribution in [3.05, 3.63) is 119 Å². The molecule has 6 aromatic rings. The lowest BCUT2D eigenvalue weighted by Gasteiger charge is -2.09. The summed E-state index contributed by atoms with van der Waals surface area (Å²) in [6, 6.07) is 15.7. The number of ether oxygens (including phenoxy) is 2. The van der Waals surface area contributed by atoms with Crippen molar-refractivity contribution in [2.24, 2.45) is 16.0 Å². The highest BCUT2D eigenvalue weighted by Gasteiger charge is 2.37. The normalized spacial score (nSPS) is 14.4. The van der Waals surface area contributed by atoms with Crippen LogP contribution in [-0.4, -0.2) is 86.5 Å². The maximum absolute atomic E-state index is 13.2. The third-order valence-electron chi connectivity index (χ3n) is 10.0. The van der Waals surface area contributed by atoms with Crippen LogP contribution in [0.25, 0.3) is 11.6 Å². The highest BCUT2D eigenvalue weighted by molar-refractivity contribution is 7.90. The van der Waals surface area contributed by atoms with Gasteiger partial charge >= 0.3 is 5.97 Å². The number of nitrogens with two attached hydrogens (primary N) is 1. The number of aromatic nitrogens is 8. The Morgan fingerprint density at radius 3 is 1.55 bits per heavy atom. The molecule has 2 aliphatic rings. The standard InChI is InChI=1S/C20H19ClFN5O4S.C15H16ClN3O3.C5H5FN2O2S/c1-20(8-9-20)10-12-31-16-7-11-27(25-16)15-6-5-13(18(21)24-15)19(28)26-32(29,30)17-4-2-3-14(22)23-17;1-15(5-6-15)7-9-22-12-4-8-19(18-12)11-3-2-10(14(20)21)13(16)17-11;6-4-2-1-3-5(8-4)11(7,9)10/h2-7,11H,8-10,12H2,1H3,(H,26,28);2-4,8H,5-7,9H2,1H3,(H,20,21);1-3H,(H2,7,9,10). The molecular weight excluding hydrogens is 938 g/mol. The fraction of sp³-hybridized carbons (Fsp3) is 0.300. The van der Waals surface area contributed by atoms with Gasteiger partial charge in [0.1, 0.15) is 10.3 Å². The SMILES string of the molecule is CC1(CCOc2ccn(-c3ccc(C(=O)NS(=O)(=O)c4cccc(F)n4)c(Cl)n3)n2)CC1.CC1(CCOc2ccn(-c3ccc(C(=O)O)c(Cl)n3)n2)CC1.NS(=O)(=O)c1cccc(F)n1. The molecule has 2 saturated carbocycles. The number of carbonyl (C=O) groups excluding carboxylic acids is 1. The first kappa shape index (κ1) is 48.3. The number of amides is 1. The van der Waals surface area contributed by atoms with Crippen LogP contribution in [0.5, 0.6) is 11.8 Å². The summed E-state index contributed by atoms with van der Waals surface area (Å²) in [6.45, 7) is 5.68. The van der Waals surface area contributed by atoms with Gasteiger partial charge in [-0.1, -0.05) is 49.2 Å². The molecule has 0 radical (unpaired) electrons. The molecule has 4 N–H and O–H groups in total. The van der Waals surface area contributed by atoms with E-state index in [2.05, 4.69) is 49.1 Å². The number of carbonyl (C=O) groups is 2. The zero-order valence-corrected chi connectivity index (χ0v) is 37.6. The number of aromatic carboxylic acids is 1. The molecule has 19 nitrogen and oxygen atoms in total. The maximum atomic E-state index is 13.2. The van der Waals surface area contributed by atoms with Gasteiger partial charge in [0.05, 0.1) is 24.3 Å². The molecule has 6 aromatic heterocycles. The van der Waals surface area contributed by atoms with Gasteiger partial charge < -0.3 is 14.6 Å². The molecular formula is C40H40Cl2F2N10O9S2. The average Bonchev–Trinajstić information content (AvgIpc) is 4.00. The zero-order valence-electron chi connectivity index (χ0n) is 34.4. The Balaban J connectivity index is 0.000000182. The van der Waals surface area contributed by atoms with Crippen LogP contribution in [0, 0.1) is 22.7 Å². The van der Waals surface area contributed by atoms with Crippen molar-refractivity contribution in [2.45, 2.75) is 62.4 Å². The van der Waals surface area contributed by atoms with Gasteiger partial charge in [0.15, 0.2) is 21.7 Å². The summed E-state index contributed by atoms with van der Waals surface area (Å²) >= 11 is 12.0. The average molecular weight is 978 g/mol. The Hall–Kier alpha value is -6.14. The Kier molecular flexibility index (Phi) is 14.8. The van der Waals surface area contributed by atoms with Crippen LogP contribution in [0.1, 0.15) is 73.1 Å². The molecule has 8 rings (SSSR count). The lowest BCUT2D eigenvalue weighted by Crippen LogP contribution is -2.31. The maximum Gasteiger partial charge on any atom is 0.338 e. The number of nitrogens with zero attached hydrogens (tertiary/aromatic N) is 8. The molecule has 0 bridgehead atoms. The van der Waals surface area contributed by atoms with Gasteiger partial charge in [-0.2, -0.15) is 17.2 Å². The first-order chi connectivity index (χ1) is 30.6. The molecule has 0 unspecified atom stereocenters. The highest BCUT2D eigenvalue weighted by Crippen LogP contribution is 2.48. The number of hydrogen-bond donors (Lipinski definition) is 3. The Bertz CT molecular complexity index is 2930. The summed E-state index contributed by atoms with van der Waals surface area (Å²) in [6.07, 6.45) is 10.3. The summed E-state index contributed by atoms with van der Waals surface area (Å²) < 4.78 is 87.1.